The smallest absolute Gasteiger partial charge is 0.332 e. The average Bonchev–Trinajstić information content (AvgIpc) is 2.35. The summed E-state index contributed by atoms with van der Waals surface area (Å²) in [5.74, 6) is 0.202. The van der Waals surface area contributed by atoms with Gasteiger partial charge in [-0.1, -0.05) is 13.3 Å². The van der Waals surface area contributed by atoms with Crippen LogP contribution in [0.1, 0.15) is 46.5 Å². The van der Waals surface area contributed by atoms with Crippen LogP contribution in [0.25, 0.3) is 0 Å². The minimum Gasteiger partial charge on any atom is -0.458 e. The van der Waals surface area contributed by atoms with Crippen LogP contribution in [0.4, 0.5) is 0 Å². The van der Waals surface area contributed by atoms with Gasteiger partial charge in [0.2, 0.25) is 0 Å². The molecule has 0 amide bonds. The van der Waals surface area contributed by atoms with E-state index in [-0.39, 0.29) is 18.2 Å². The van der Waals surface area contributed by atoms with Crippen LogP contribution in [-0.4, -0.2) is 37.9 Å². The van der Waals surface area contributed by atoms with Crippen molar-refractivity contribution in [3.05, 3.63) is 0 Å². The van der Waals surface area contributed by atoms with Crippen LogP contribution >= 0.6 is 0 Å². The highest BCUT2D eigenvalue weighted by atomic mass is 16.6. The Labute approximate surface area is 110 Å². The van der Waals surface area contributed by atoms with Crippen molar-refractivity contribution in [1.29, 1.82) is 0 Å². The average molecular weight is 257 g/mol. The summed E-state index contributed by atoms with van der Waals surface area (Å²) in [7, 11) is 0. The monoisotopic (exact) mass is 257 g/mol. The Bertz CT molecular complexity index is 247. The van der Waals surface area contributed by atoms with Gasteiger partial charge < -0.3 is 14.8 Å². The topological polar surface area (TPSA) is 47.6 Å². The third-order valence-electron chi connectivity index (χ3n) is 3.56. The standard InChI is InChI=1S/C14H27NO3/c1-4-5-10-17-11-13(16)18-14(2,3)12-6-8-15-9-7-12/h12,15H,4-11H2,1-3H3. The number of hydrogen-bond donors (Lipinski definition) is 1. The van der Waals surface area contributed by atoms with E-state index in [9.17, 15) is 4.79 Å². The van der Waals surface area contributed by atoms with Gasteiger partial charge >= 0.3 is 5.97 Å². The summed E-state index contributed by atoms with van der Waals surface area (Å²) in [5, 5.41) is 3.32. The number of rotatable bonds is 7. The number of carbonyl (C=O) groups is 1. The predicted octanol–water partition coefficient (Wildman–Crippen LogP) is 2.12. The first-order valence-electron chi connectivity index (χ1n) is 7.06. The fraction of sp³-hybridized carbons (Fsp3) is 0.929. The van der Waals surface area contributed by atoms with E-state index in [1.807, 2.05) is 13.8 Å². The maximum atomic E-state index is 11.7. The van der Waals surface area contributed by atoms with Gasteiger partial charge in [0.05, 0.1) is 0 Å². The lowest BCUT2D eigenvalue weighted by molar-refractivity contribution is -0.168. The lowest BCUT2D eigenvalue weighted by atomic mass is 9.83. The molecule has 0 aromatic carbocycles. The molecular weight excluding hydrogens is 230 g/mol. The van der Waals surface area contributed by atoms with Crippen molar-refractivity contribution in [3.63, 3.8) is 0 Å². The van der Waals surface area contributed by atoms with E-state index in [1.54, 1.807) is 0 Å². The second kappa shape index (κ2) is 7.74. The molecule has 106 valence electrons. The van der Waals surface area contributed by atoms with Gasteiger partial charge in [-0.15, -0.1) is 0 Å². The number of hydrogen-bond acceptors (Lipinski definition) is 4. The van der Waals surface area contributed by atoms with Crippen molar-refractivity contribution in [2.45, 2.75) is 52.1 Å². The highest BCUT2D eigenvalue weighted by Gasteiger charge is 2.33. The van der Waals surface area contributed by atoms with Crippen molar-refractivity contribution in [2.75, 3.05) is 26.3 Å². The Morgan fingerprint density at radius 1 is 1.33 bits per heavy atom. The number of piperidine rings is 1. The Morgan fingerprint density at radius 3 is 2.61 bits per heavy atom. The third-order valence-corrected chi connectivity index (χ3v) is 3.56. The van der Waals surface area contributed by atoms with Crippen molar-refractivity contribution < 1.29 is 14.3 Å². The number of esters is 1. The fourth-order valence-corrected chi connectivity index (χ4v) is 2.33. The van der Waals surface area contributed by atoms with E-state index >= 15 is 0 Å². The van der Waals surface area contributed by atoms with Crippen LogP contribution in [0.5, 0.6) is 0 Å². The molecule has 0 radical (unpaired) electrons. The van der Waals surface area contributed by atoms with Crippen LogP contribution in [0.3, 0.4) is 0 Å². The van der Waals surface area contributed by atoms with E-state index in [0.717, 1.165) is 38.8 Å². The lowest BCUT2D eigenvalue weighted by Crippen LogP contribution is -2.43. The summed E-state index contributed by atoms with van der Waals surface area (Å²) in [6.45, 7) is 8.85. The first-order valence-corrected chi connectivity index (χ1v) is 7.06. The molecule has 1 N–H and O–H groups in total. The molecule has 0 atom stereocenters. The summed E-state index contributed by atoms with van der Waals surface area (Å²) in [4.78, 5) is 11.7. The Hall–Kier alpha value is -0.610. The molecule has 18 heavy (non-hydrogen) atoms. The van der Waals surface area contributed by atoms with E-state index in [1.165, 1.54) is 0 Å². The molecule has 1 heterocycles. The van der Waals surface area contributed by atoms with Crippen molar-refractivity contribution in [1.82, 2.24) is 5.32 Å². The number of nitrogens with one attached hydrogen (secondary N) is 1. The van der Waals surface area contributed by atoms with Crippen LogP contribution in [-0.2, 0) is 14.3 Å². The molecule has 0 bridgehead atoms. The quantitative estimate of drug-likeness (QED) is 0.560. The summed E-state index contributed by atoms with van der Waals surface area (Å²) in [6.07, 6.45) is 4.20. The van der Waals surface area contributed by atoms with Crippen LogP contribution < -0.4 is 5.32 Å². The molecule has 1 saturated heterocycles. The molecule has 4 heteroatoms. The molecule has 1 fully saturated rings. The number of unbranched alkanes of at least 4 members (excludes halogenated alkanes) is 1. The van der Waals surface area contributed by atoms with Crippen LogP contribution in [0, 0.1) is 5.92 Å². The second-order valence-electron chi connectivity index (χ2n) is 5.51. The van der Waals surface area contributed by atoms with Gasteiger partial charge in [-0.25, -0.2) is 4.79 Å². The summed E-state index contributed by atoms with van der Waals surface area (Å²) in [5.41, 5.74) is -0.382. The SMILES string of the molecule is CCCCOCC(=O)OC(C)(C)C1CCNCC1. The Kier molecular flexibility index (Phi) is 6.65. The Morgan fingerprint density at radius 2 is 2.00 bits per heavy atom. The maximum Gasteiger partial charge on any atom is 0.332 e. The summed E-state index contributed by atoms with van der Waals surface area (Å²) >= 11 is 0. The van der Waals surface area contributed by atoms with Crippen LogP contribution in [0.2, 0.25) is 0 Å². The highest BCUT2D eigenvalue weighted by Crippen LogP contribution is 2.28. The molecule has 4 nitrogen and oxygen atoms in total. The summed E-state index contributed by atoms with van der Waals surface area (Å²) in [6, 6.07) is 0. The summed E-state index contributed by atoms with van der Waals surface area (Å²) < 4.78 is 10.8. The molecule has 0 aromatic rings. The van der Waals surface area contributed by atoms with E-state index in [0.29, 0.717) is 12.5 Å². The van der Waals surface area contributed by atoms with Gasteiger partial charge in [-0.05, 0) is 46.2 Å². The molecule has 0 aliphatic carbocycles. The molecule has 1 aliphatic heterocycles. The van der Waals surface area contributed by atoms with Crippen molar-refractivity contribution in [2.24, 2.45) is 5.92 Å². The zero-order valence-corrected chi connectivity index (χ0v) is 12.0. The van der Waals surface area contributed by atoms with Gasteiger partial charge in [0.1, 0.15) is 12.2 Å². The van der Waals surface area contributed by atoms with Gasteiger partial charge in [-0.3, -0.25) is 0 Å². The van der Waals surface area contributed by atoms with E-state index < -0.39 is 0 Å². The Balaban J connectivity index is 2.27. The normalized spacial score (nSPS) is 17.7. The first-order chi connectivity index (χ1) is 8.56. The van der Waals surface area contributed by atoms with Crippen molar-refractivity contribution >= 4 is 5.97 Å². The van der Waals surface area contributed by atoms with Gasteiger partial charge in [-0.2, -0.15) is 0 Å². The van der Waals surface area contributed by atoms with Gasteiger partial charge in [0, 0.05) is 12.5 Å². The fourth-order valence-electron chi connectivity index (χ4n) is 2.33. The first kappa shape index (κ1) is 15.4. The molecule has 0 aromatic heterocycles. The third kappa shape index (κ3) is 5.36. The molecule has 1 aliphatic rings. The predicted molar refractivity (Wildman–Crippen MR) is 71.5 cm³/mol. The zero-order valence-electron chi connectivity index (χ0n) is 12.0. The van der Waals surface area contributed by atoms with Gasteiger partial charge in [0.15, 0.2) is 0 Å². The number of carbonyl (C=O) groups excluding carboxylic acids is 1. The molecule has 0 spiro atoms. The van der Waals surface area contributed by atoms with E-state index in [2.05, 4.69) is 12.2 Å². The molecule has 0 unspecified atom stereocenters. The lowest BCUT2D eigenvalue weighted by Gasteiger charge is -2.36. The zero-order chi connectivity index (χ0) is 13.4. The largest absolute Gasteiger partial charge is 0.458 e. The van der Waals surface area contributed by atoms with Crippen molar-refractivity contribution in [3.8, 4) is 0 Å². The molecule has 0 saturated carbocycles. The second-order valence-corrected chi connectivity index (χ2v) is 5.51. The van der Waals surface area contributed by atoms with E-state index in [4.69, 9.17) is 9.47 Å². The van der Waals surface area contributed by atoms with Crippen LogP contribution in [0.15, 0.2) is 0 Å². The molecular formula is C14H27NO3. The minimum atomic E-state index is -0.382. The minimum absolute atomic E-state index is 0.0778. The highest BCUT2D eigenvalue weighted by molar-refractivity contribution is 5.71. The van der Waals surface area contributed by atoms with Gasteiger partial charge in [0.25, 0.3) is 0 Å². The maximum absolute atomic E-state index is 11.7. The molecule has 1 rings (SSSR count). The number of ether oxygens (including phenoxy) is 2.